The van der Waals surface area contributed by atoms with E-state index in [1.807, 2.05) is 0 Å². The minimum Gasteiger partial charge on any atom is -0.360 e. The molecule has 1 atom stereocenters. The van der Waals surface area contributed by atoms with Gasteiger partial charge in [0.15, 0.2) is 0 Å². The number of ether oxygens (including phenoxy) is 1. The maximum absolute atomic E-state index is 6.13. The summed E-state index contributed by atoms with van der Waals surface area (Å²) >= 11 is 0. The van der Waals surface area contributed by atoms with Gasteiger partial charge in [-0.3, -0.25) is 5.01 Å². The first-order chi connectivity index (χ1) is 13.9. The van der Waals surface area contributed by atoms with E-state index in [1.165, 1.54) is 69.2 Å². The first kappa shape index (κ1) is 20.9. The molecule has 1 fully saturated rings. The molecule has 0 aromatic heterocycles. The van der Waals surface area contributed by atoms with Gasteiger partial charge in [-0.25, -0.2) is 0 Å². The summed E-state index contributed by atoms with van der Waals surface area (Å²) in [6, 6.07) is 21.2. The maximum atomic E-state index is 6.13. The highest BCUT2D eigenvalue weighted by atomic mass is 16.5. The lowest BCUT2D eigenvalue weighted by atomic mass is 10.1. The van der Waals surface area contributed by atoms with Crippen LogP contribution in [0.4, 0.5) is 11.4 Å². The van der Waals surface area contributed by atoms with Gasteiger partial charge in [-0.05, 0) is 30.7 Å². The van der Waals surface area contributed by atoms with Gasteiger partial charge in [0.2, 0.25) is 0 Å². The Balaban J connectivity index is 1.47. The van der Waals surface area contributed by atoms with Gasteiger partial charge in [0.05, 0.1) is 17.5 Å². The van der Waals surface area contributed by atoms with Gasteiger partial charge >= 0.3 is 0 Å². The largest absolute Gasteiger partial charge is 0.360 e. The van der Waals surface area contributed by atoms with Crippen molar-refractivity contribution in [2.45, 2.75) is 70.8 Å². The van der Waals surface area contributed by atoms with E-state index in [0.29, 0.717) is 12.8 Å². The highest BCUT2D eigenvalue weighted by Crippen LogP contribution is 2.30. The SMILES string of the molecule is CCCCCCCCCCC1CN(N(c2ccccc2)c2ccccc2)CO1. The Morgan fingerprint density at radius 1 is 0.786 bits per heavy atom. The molecule has 2 aromatic rings. The van der Waals surface area contributed by atoms with Gasteiger partial charge in [-0.2, -0.15) is 5.01 Å². The molecule has 3 heteroatoms. The number of para-hydroxylation sites is 2. The monoisotopic (exact) mass is 380 g/mol. The van der Waals surface area contributed by atoms with E-state index in [2.05, 4.69) is 77.6 Å². The van der Waals surface area contributed by atoms with Gasteiger partial charge in [0.25, 0.3) is 0 Å². The molecule has 1 heterocycles. The molecule has 0 N–H and O–H groups in total. The number of unbranched alkanes of at least 4 members (excludes halogenated alkanes) is 7. The highest BCUT2D eigenvalue weighted by Gasteiger charge is 2.28. The third kappa shape index (κ3) is 6.35. The van der Waals surface area contributed by atoms with Crippen LogP contribution in [0.15, 0.2) is 60.7 Å². The van der Waals surface area contributed by atoms with Gasteiger partial charge in [0.1, 0.15) is 6.73 Å². The van der Waals surface area contributed by atoms with Gasteiger partial charge in [-0.1, -0.05) is 94.7 Å². The molecule has 0 spiro atoms. The van der Waals surface area contributed by atoms with Gasteiger partial charge in [-0.15, -0.1) is 0 Å². The Hall–Kier alpha value is -1.84. The summed E-state index contributed by atoms with van der Waals surface area (Å²) in [6.45, 7) is 3.90. The Morgan fingerprint density at radius 3 is 1.89 bits per heavy atom. The fraction of sp³-hybridized carbons (Fsp3) is 0.520. The second-order valence-corrected chi connectivity index (χ2v) is 7.85. The summed E-state index contributed by atoms with van der Waals surface area (Å²) in [5.41, 5.74) is 2.37. The molecular weight excluding hydrogens is 344 g/mol. The predicted octanol–water partition coefficient (Wildman–Crippen LogP) is 6.93. The number of hydrogen-bond acceptors (Lipinski definition) is 3. The van der Waals surface area contributed by atoms with Crippen LogP contribution in [0.3, 0.4) is 0 Å². The van der Waals surface area contributed by atoms with Crippen molar-refractivity contribution in [2.75, 3.05) is 18.3 Å². The van der Waals surface area contributed by atoms with Crippen LogP contribution >= 0.6 is 0 Å². The molecule has 152 valence electrons. The minimum atomic E-state index is 0.343. The van der Waals surface area contributed by atoms with Crippen LogP contribution in [0.2, 0.25) is 0 Å². The average molecular weight is 381 g/mol. The van der Waals surface area contributed by atoms with Crippen molar-refractivity contribution in [2.24, 2.45) is 0 Å². The standard InChI is InChI=1S/C25H36N2O/c1-2-3-4-5-6-7-8-15-20-25-21-26(22-28-25)27(23-16-11-9-12-17-23)24-18-13-10-14-19-24/h9-14,16-19,25H,2-8,15,20-22H2,1H3. The summed E-state index contributed by atoms with van der Waals surface area (Å²) in [5.74, 6) is 0. The zero-order valence-electron chi connectivity index (χ0n) is 17.4. The Morgan fingerprint density at radius 2 is 1.32 bits per heavy atom. The van der Waals surface area contributed by atoms with E-state index >= 15 is 0 Å². The second kappa shape index (κ2) is 11.9. The van der Waals surface area contributed by atoms with Crippen molar-refractivity contribution in [1.29, 1.82) is 0 Å². The molecule has 0 amide bonds. The van der Waals surface area contributed by atoms with E-state index in [-0.39, 0.29) is 0 Å². The number of hydrogen-bond donors (Lipinski definition) is 0. The van der Waals surface area contributed by atoms with E-state index in [4.69, 9.17) is 4.74 Å². The quantitative estimate of drug-likeness (QED) is 0.371. The van der Waals surface area contributed by atoms with Crippen molar-refractivity contribution >= 4 is 11.4 Å². The molecule has 0 bridgehead atoms. The smallest absolute Gasteiger partial charge is 0.117 e. The summed E-state index contributed by atoms with van der Waals surface area (Å²) in [7, 11) is 0. The van der Waals surface area contributed by atoms with Crippen LogP contribution in [-0.4, -0.2) is 24.4 Å². The van der Waals surface area contributed by atoms with Crippen LogP contribution < -0.4 is 5.01 Å². The van der Waals surface area contributed by atoms with Crippen LogP contribution in [0, 0.1) is 0 Å². The number of anilines is 2. The van der Waals surface area contributed by atoms with Crippen LogP contribution in [0.25, 0.3) is 0 Å². The molecule has 1 saturated heterocycles. The molecule has 28 heavy (non-hydrogen) atoms. The number of rotatable bonds is 12. The third-order valence-corrected chi connectivity index (χ3v) is 5.54. The Labute approximate surface area is 171 Å². The first-order valence-corrected chi connectivity index (χ1v) is 11.1. The second-order valence-electron chi connectivity index (χ2n) is 7.85. The topological polar surface area (TPSA) is 15.7 Å². The summed E-state index contributed by atoms with van der Waals surface area (Å²) in [6.07, 6.45) is 12.4. The molecule has 1 unspecified atom stereocenters. The van der Waals surface area contributed by atoms with E-state index in [9.17, 15) is 0 Å². The van der Waals surface area contributed by atoms with Gasteiger partial charge in [0, 0.05) is 6.54 Å². The lowest BCUT2D eigenvalue weighted by molar-refractivity contribution is 0.0835. The molecule has 3 rings (SSSR count). The molecule has 0 aliphatic carbocycles. The summed E-state index contributed by atoms with van der Waals surface area (Å²) in [5, 5.41) is 4.63. The average Bonchev–Trinajstić information content (AvgIpc) is 3.20. The summed E-state index contributed by atoms with van der Waals surface area (Å²) in [4.78, 5) is 0. The van der Waals surface area contributed by atoms with Crippen molar-refractivity contribution in [3.05, 3.63) is 60.7 Å². The fourth-order valence-electron chi connectivity index (χ4n) is 3.97. The van der Waals surface area contributed by atoms with E-state index < -0.39 is 0 Å². The minimum absolute atomic E-state index is 0.343. The lowest BCUT2D eigenvalue weighted by Crippen LogP contribution is -2.38. The third-order valence-electron chi connectivity index (χ3n) is 5.54. The summed E-state index contributed by atoms with van der Waals surface area (Å²) < 4.78 is 6.13. The Bertz CT molecular complexity index is 607. The molecular formula is C25H36N2O. The van der Waals surface area contributed by atoms with Crippen LogP contribution in [-0.2, 0) is 4.74 Å². The van der Waals surface area contributed by atoms with Crippen molar-refractivity contribution < 1.29 is 4.74 Å². The van der Waals surface area contributed by atoms with Gasteiger partial charge < -0.3 is 4.74 Å². The molecule has 2 aromatic carbocycles. The van der Waals surface area contributed by atoms with Crippen molar-refractivity contribution in [3.8, 4) is 0 Å². The van der Waals surface area contributed by atoms with Crippen molar-refractivity contribution in [3.63, 3.8) is 0 Å². The van der Waals surface area contributed by atoms with E-state index in [0.717, 1.165) is 6.54 Å². The maximum Gasteiger partial charge on any atom is 0.117 e. The molecule has 0 radical (unpaired) electrons. The zero-order valence-corrected chi connectivity index (χ0v) is 17.4. The number of benzene rings is 2. The molecule has 3 nitrogen and oxygen atoms in total. The normalized spacial score (nSPS) is 17.1. The first-order valence-electron chi connectivity index (χ1n) is 11.1. The number of nitrogens with zero attached hydrogens (tertiary/aromatic N) is 2. The number of hydrazine groups is 1. The molecule has 1 aliphatic rings. The molecule has 1 aliphatic heterocycles. The van der Waals surface area contributed by atoms with E-state index in [1.54, 1.807) is 0 Å². The molecule has 0 saturated carbocycles. The lowest BCUT2D eigenvalue weighted by Gasteiger charge is -2.32. The Kier molecular flexibility index (Phi) is 8.86. The highest BCUT2D eigenvalue weighted by molar-refractivity contribution is 5.61. The fourth-order valence-corrected chi connectivity index (χ4v) is 3.97. The van der Waals surface area contributed by atoms with Crippen LogP contribution in [0.5, 0.6) is 0 Å². The van der Waals surface area contributed by atoms with Crippen LogP contribution in [0.1, 0.15) is 64.7 Å². The van der Waals surface area contributed by atoms with Crippen molar-refractivity contribution in [1.82, 2.24) is 5.01 Å². The zero-order chi connectivity index (χ0) is 19.4. The predicted molar refractivity (Wildman–Crippen MR) is 119 cm³/mol.